The fourth-order valence-electron chi connectivity index (χ4n) is 3.32. The van der Waals surface area contributed by atoms with Gasteiger partial charge in [-0.05, 0) is 43.9 Å². The maximum absolute atomic E-state index is 3.56. The lowest BCUT2D eigenvalue weighted by atomic mass is 9.77. The van der Waals surface area contributed by atoms with E-state index in [9.17, 15) is 0 Å². The first-order valence-corrected chi connectivity index (χ1v) is 7.58. The van der Waals surface area contributed by atoms with Gasteiger partial charge in [0, 0.05) is 12.5 Å². The summed E-state index contributed by atoms with van der Waals surface area (Å²) in [7, 11) is 0. The van der Waals surface area contributed by atoms with Crippen LogP contribution < -0.4 is 5.32 Å². The molecule has 1 nitrogen and oxygen atoms in total. The summed E-state index contributed by atoms with van der Waals surface area (Å²) >= 11 is 0. The highest BCUT2D eigenvalue weighted by Crippen LogP contribution is 2.37. The smallest absolute Gasteiger partial charge is 0.00326 e. The van der Waals surface area contributed by atoms with Gasteiger partial charge in [-0.15, -0.1) is 0 Å². The molecule has 1 N–H and O–H groups in total. The average molecular weight is 265 g/mol. The number of piperidine rings is 1. The molecule has 0 saturated carbocycles. The van der Waals surface area contributed by atoms with E-state index < -0.39 is 0 Å². The summed E-state index contributed by atoms with van der Waals surface area (Å²) in [5, 5.41) is 3.56. The molecule has 3 rings (SSSR count). The Balaban J connectivity index is 1.93. The molecule has 0 aromatic heterocycles. The van der Waals surface area contributed by atoms with Crippen molar-refractivity contribution in [1.29, 1.82) is 0 Å². The Morgan fingerprint density at radius 3 is 2.40 bits per heavy atom. The Morgan fingerprint density at radius 2 is 1.65 bits per heavy atom. The molecule has 1 saturated heterocycles. The maximum Gasteiger partial charge on any atom is 0.00326 e. The van der Waals surface area contributed by atoms with Crippen LogP contribution in [0.3, 0.4) is 0 Å². The van der Waals surface area contributed by atoms with Gasteiger partial charge in [0.1, 0.15) is 0 Å². The third-order valence-corrected chi connectivity index (χ3v) is 4.46. The van der Waals surface area contributed by atoms with E-state index in [-0.39, 0.29) is 0 Å². The Kier molecular flexibility index (Phi) is 3.88. The summed E-state index contributed by atoms with van der Waals surface area (Å²) < 4.78 is 0. The lowest BCUT2D eigenvalue weighted by molar-refractivity contribution is 0.404. The van der Waals surface area contributed by atoms with Crippen LogP contribution in [0.5, 0.6) is 0 Å². The van der Waals surface area contributed by atoms with Gasteiger partial charge in [0.2, 0.25) is 0 Å². The number of hydrogen-bond acceptors (Lipinski definition) is 1. The summed E-state index contributed by atoms with van der Waals surface area (Å²) in [5.41, 5.74) is 5.67. The average Bonchev–Trinajstić information content (AvgIpc) is 2.48. The fraction of sp³-hybridized carbons (Fsp3) is 0.368. The van der Waals surface area contributed by atoms with Crippen LogP contribution in [0.15, 0.2) is 48.5 Å². The molecule has 0 aliphatic carbocycles. The van der Waals surface area contributed by atoms with E-state index in [2.05, 4.69) is 67.7 Å². The molecule has 2 aromatic carbocycles. The highest BCUT2D eigenvalue weighted by atomic mass is 14.9. The van der Waals surface area contributed by atoms with Crippen molar-refractivity contribution in [2.24, 2.45) is 0 Å². The van der Waals surface area contributed by atoms with Crippen molar-refractivity contribution in [2.75, 3.05) is 13.1 Å². The molecular weight excluding hydrogens is 242 g/mol. The molecule has 1 aliphatic heterocycles. The first-order valence-electron chi connectivity index (χ1n) is 7.58. The van der Waals surface area contributed by atoms with E-state index in [4.69, 9.17) is 0 Å². The molecule has 20 heavy (non-hydrogen) atoms. The molecule has 2 aromatic rings. The minimum absolute atomic E-state index is 0.589. The van der Waals surface area contributed by atoms with Crippen LogP contribution in [0, 0.1) is 13.8 Å². The normalized spacial score (nSPS) is 22.7. The highest BCUT2D eigenvalue weighted by molar-refractivity contribution is 5.33. The summed E-state index contributed by atoms with van der Waals surface area (Å²) in [6.07, 6.45) is 1.22. The predicted molar refractivity (Wildman–Crippen MR) is 85.3 cm³/mol. The van der Waals surface area contributed by atoms with Crippen molar-refractivity contribution in [3.05, 3.63) is 70.8 Å². The minimum Gasteiger partial charge on any atom is -0.316 e. The second kappa shape index (κ2) is 5.80. The van der Waals surface area contributed by atoms with Crippen LogP contribution in [0.25, 0.3) is 0 Å². The Morgan fingerprint density at radius 1 is 0.850 bits per heavy atom. The molecule has 104 valence electrons. The Hall–Kier alpha value is -1.60. The Bertz CT molecular complexity index is 571. The predicted octanol–water partition coefficient (Wildman–Crippen LogP) is 4.16. The van der Waals surface area contributed by atoms with Crippen LogP contribution >= 0.6 is 0 Å². The summed E-state index contributed by atoms with van der Waals surface area (Å²) in [5.74, 6) is 1.23. The second-order valence-corrected chi connectivity index (χ2v) is 6.03. The van der Waals surface area contributed by atoms with E-state index in [1.165, 1.54) is 28.7 Å². The minimum atomic E-state index is 0.589. The largest absolute Gasteiger partial charge is 0.316 e. The van der Waals surface area contributed by atoms with Gasteiger partial charge in [-0.25, -0.2) is 0 Å². The number of rotatable bonds is 2. The molecule has 0 amide bonds. The monoisotopic (exact) mass is 265 g/mol. The molecule has 1 heteroatoms. The van der Waals surface area contributed by atoms with Gasteiger partial charge >= 0.3 is 0 Å². The van der Waals surface area contributed by atoms with Gasteiger partial charge < -0.3 is 5.32 Å². The zero-order valence-corrected chi connectivity index (χ0v) is 12.4. The highest BCUT2D eigenvalue weighted by Gasteiger charge is 2.27. The van der Waals surface area contributed by atoms with Crippen molar-refractivity contribution < 1.29 is 0 Å². The van der Waals surface area contributed by atoms with Crippen LogP contribution in [0.1, 0.15) is 40.5 Å². The topological polar surface area (TPSA) is 12.0 Å². The third kappa shape index (κ3) is 2.78. The Labute approximate surface area is 122 Å². The first-order chi connectivity index (χ1) is 9.74. The molecule has 1 fully saturated rings. The number of nitrogens with one attached hydrogen (secondary N) is 1. The number of hydrogen-bond donors (Lipinski definition) is 1. The van der Waals surface area contributed by atoms with E-state index in [0.717, 1.165) is 13.1 Å². The van der Waals surface area contributed by atoms with Gasteiger partial charge in [-0.1, -0.05) is 59.7 Å². The standard InChI is InChI=1S/C19H23N/c1-14-6-8-16(9-7-14)19-13-20-11-10-18(19)17-5-3-4-15(2)12-17/h3-9,12,18-20H,10-11,13H2,1-2H3. The molecule has 1 heterocycles. The first kappa shape index (κ1) is 13.4. The van der Waals surface area contributed by atoms with E-state index in [1.54, 1.807) is 0 Å². The lowest BCUT2D eigenvalue weighted by Gasteiger charge is -2.33. The molecule has 0 spiro atoms. The van der Waals surface area contributed by atoms with Crippen LogP contribution in [-0.4, -0.2) is 13.1 Å². The molecular formula is C19H23N. The summed E-state index contributed by atoms with van der Waals surface area (Å²) in [6, 6.07) is 18.1. The van der Waals surface area contributed by atoms with Crippen molar-refractivity contribution in [1.82, 2.24) is 5.32 Å². The molecule has 1 aliphatic rings. The summed E-state index contributed by atoms with van der Waals surface area (Å²) in [6.45, 7) is 6.55. The maximum atomic E-state index is 3.56. The SMILES string of the molecule is Cc1ccc(C2CNCCC2c2cccc(C)c2)cc1. The fourth-order valence-corrected chi connectivity index (χ4v) is 3.32. The zero-order valence-electron chi connectivity index (χ0n) is 12.4. The second-order valence-electron chi connectivity index (χ2n) is 6.03. The van der Waals surface area contributed by atoms with Gasteiger partial charge in [0.05, 0.1) is 0 Å². The number of benzene rings is 2. The van der Waals surface area contributed by atoms with Crippen molar-refractivity contribution >= 4 is 0 Å². The molecule has 0 radical (unpaired) electrons. The van der Waals surface area contributed by atoms with Crippen LogP contribution in [0.2, 0.25) is 0 Å². The van der Waals surface area contributed by atoms with Gasteiger partial charge in [0.15, 0.2) is 0 Å². The van der Waals surface area contributed by atoms with E-state index in [1.807, 2.05) is 0 Å². The summed E-state index contributed by atoms with van der Waals surface area (Å²) in [4.78, 5) is 0. The molecule has 2 unspecified atom stereocenters. The van der Waals surface area contributed by atoms with Crippen molar-refractivity contribution in [3.63, 3.8) is 0 Å². The van der Waals surface area contributed by atoms with Gasteiger partial charge in [-0.3, -0.25) is 0 Å². The van der Waals surface area contributed by atoms with Crippen molar-refractivity contribution in [3.8, 4) is 0 Å². The van der Waals surface area contributed by atoms with Crippen LogP contribution in [-0.2, 0) is 0 Å². The van der Waals surface area contributed by atoms with Crippen molar-refractivity contribution in [2.45, 2.75) is 32.1 Å². The number of aryl methyl sites for hydroxylation is 2. The van der Waals surface area contributed by atoms with Gasteiger partial charge in [-0.2, -0.15) is 0 Å². The van der Waals surface area contributed by atoms with E-state index in [0.29, 0.717) is 11.8 Å². The third-order valence-electron chi connectivity index (χ3n) is 4.46. The molecule has 2 atom stereocenters. The lowest BCUT2D eigenvalue weighted by Crippen LogP contribution is -2.34. The quantitative estimate of drug-likeness (QED) is 0.859. The van der Waals surface area contributed by atoms with Crippen LogP contribution in [0.4, 0.5) is 0 Å². The van der Waals surface area contributed by atoms with Gasteiger partial charge in [0.25, 0.3) is 0 Å². The molecule has 0 bridgehead atoms. The van der Waals surface area contributed by atoms with E-state index >= 15 is 0 Å². The zero-order chi connectivity index (χ0) is 13.9.